The zero-order valence-corrected chi connectivity index (χ0v) is 13.4. The third-order valence-corrected chi connectivity index (χ3v) is 4.10. The average molecular weight is 296 g/mol. The molecule has 1 rings (SSSR count). The van der Waals surface area contributed by atoms with Gasteiger partial charge in [0.25, 0.3) is 0 Å². The van der Waals surface area contributed by atoms with Crippen molar-refractivity contribution in [2.24, 2.45) is 17.8 Å². The standard InChI is InChI=1S/C17H28O4/c1-4-13(9-7-8-12(2)3)21-17(20)15-11-6-5-10-14(15)16(18)19/h5-6,12-15H,4,7-11H2,1-3H3,(H,18,19). The number of ether oxygens (including phenoxy) is 1. The summed E-state index contributed by atoms with van der Waals surface area (Å²) in [7, 11) is 0. The van der Waals surface area contributed by atoms with Crippen LogP contribution in [0.2, 0.25) is 0 Å². The molecule has 1 aliphatic carbocycles. The van der Waals surface area contributed by atoms with E-state index in [1.54, 1.807) is 0 Å². The van der Waals surface area contributed by atoms with Crippen LogP contribution >= 0.6 is 0 Å². The molecule has 3 atom stereocenters. The highest BCUT2D eigenvalue weighted by Gasteiger charge is 2.35. The Balaban J connectivity index is 2.52. The number of carbonyl (C=O) groups excluding carboxylic acids is 1. The monoisotopic (exact) mass is 296 g/mol. The molecule has 4 nitrogen and oxygen atoms in total. The summed E-state index contributed by atoms with van der Waals surface area (Å²) in [5.74, 6) is -1.78. The predicted octanol–water partition coefficient (Wildman–Crippen LogP) is 3.80. The van der Waals surface area contributed by atoms with Crippen LogP contribution in [-0.2, 0) is 14.3 Å². The van der Waals surface area contributed by atoms with Crippen LogP contribution in [0.3, 0.4) is 0 Å². The molecule has 1 aliphatic rings. The van der Waals surface area contributed by atoms with E-state index in [1.165, 1.54) is 0 Å². The molecule has 0 spiro atoms. The van der Waals surface area contributed by atoms with Gasteiger partial charge in [-0.25, -0.2) is 0 Å². The van der Waals surface area contributed by atoms with Gasteiger partial charge >= 0.3 is 11.9 Å². The van der Waals surface area contributed by atoms with E-state index in [9.17, 15) is 14.7 Å². The Kier molecular flexibility index (Phi) is 7.48. The second-order valence-corrected chi connectivity index (χ2v) is 6.29. The van der Waals surface area contributed by atoms with Crippen molar-refractivity contribution in [1.29, 1.82) is 0 Å². The summed E-state index contributed by atoms with van der Waals surface area (Å²) >= 11 is 0. The molecule has 0 aliphatic heterocycles. The lowest BCUT2D eigenvalue weighted by atomic mass is 9.83. The Bertz CT molecular complexity index is 373. The fourth-order valence-corrected chi connectivity index (χ4v) is 2.70. The van der Waals surface area contributed by atoms with E-state index in [2.05, 4.69) is 13.8 Å². The normalized spacial score (nSPS) is 23.0. The quantitative estimate of drug-likeness (QED) is 0.546. The molecular weight excluding hydrogens is 268 g/mol. The number of rotatable bonds is 8. The zero-order valence-electron chi connectivity index (χ0n) is 13.4. The van der Waals surface area contributed by atoms with Gasteiger partial charge in [0.15, 0.2) is 0 Å². The summed E-state index contributed by atoms with van der Waals surface area (Å²) in [6.07, 6.45) is 8.32. The zero-order chi connectivity index (χ0) is 15.8. The Labute approximate surface area is 127 Å². The molecular formula is C17H28O4. The first kappa shape index (κ1) is 17.7. The van der Waals surface area contributed by atoms with Gasteiger partial charge in [-0.2, -0.15) is 0 Å². The molecule has 0 aromatic rings. The molecule has 0 saturated heterocycles. The fraction of sp³-hybridized carbons (Fsp3) is 0.765. The minimum Gasteiger partial charge on any atom is -0.481 e. The third-order valence-electron chi connectivity index (χ3n) is 4.10. The van der Waals surface area contributed by atoms with Gasteiger partial charge in [0.2, 0.25) is 0 Å². The molecule has 0 aromatic heterocycles. The summed E-state index contributed by atoms with van der Waals surface area (Å²) in [4.78, 5) is 23.5. The molecule has 4 heteroatoms. The number of hydrogen-bond donors (Lipinski definition) is 1. The van der Waals surface area contributed by atoms with Crippen molar-refractivity contribution in [2.45, 2.75) is 65.4 Å². The number of aliphatic carboxylic acids is 1. The predicted molar refractivity (Wildman–Crippen MR) is 81.8 cm³/mol. The molecule has 0 aromatic carbocycles. The van der Waals surface area contributed by atoms with Gasteiger partial charge in [-0.1, -0.05) is 39.3 Å². The highest BCUT2D eigenvalue weighted by Crippen LogP contribution is 2.28. The molecule has 120 valence electrons. The number of carbonyl (C=O) groups is 2. The van der Waals surface area contributed by atoms with Crippen molar-refractivity contribution in [3.05, 3.63) is 12.2 Å². The average Bonchev–Trinajstić information content (AvgIpc) is 2.45. The van der Waals surface area contributed by atoms with E-state index >= 15 is 0 Å². The maximum atomic E-state index is 12.3. The van der Waals surface area contributed by atoms with Gasteiger partial charge in [-0.3, -0.25) is 9.59 Å². The van der Waals surface area contributed by atoms with Crippen LogP contribution in [0.1, 0.15) is 59.3 Å². The molecule has 0 amide bonds. The number of carboxylic acid groups (broad SMARTS) is 1. The highest BCUT2D eigenvalue weighted by molar-refractivity contribution is 5.81. The Morgan fingerprint density at radius 3 is 2.33 bits per heavy atom. The SMILES string of the molecule is CCC(CCCC(C)C)OC(=O)C1CC=CCC1C(=O)O. The Hall–Kier alpha value is -1.32. The van der Waals surface area contributed by atoms with Crippen molar-refractivity contribution in [2.75, 3.05) is 0 Å². The van der Waals surface area contributed by atoms with Crippen LogP contribution in [0.15, 0.2) is 12.2 Å². The summed E-state index contributed by atoms with van der Waals surface area (Å²) in [6, 6.07) is 0. The molecule has 3 unspecified atom stereocenters. The summed E-state index contributed by atoms with van der Waals surface area (Å²) in [5, 5.41) is 9.21. The van der Waals surface area contributed by atoms with Gasteiger partial charge in [-0.05, 0) is 38.0 Å². The third kappa shape index (κ3) is 5.90. The first-order chi connectivity index (χ1) is 9.95. The summed E-state index contributed by atoms with van der Waals surface area (Å²) in [5.41, 5.74) is 0. The minimum atomic E-state index is -0.908. The minimum absolute atomic E-state index is 0.0865. The fourth-order valence-electron chi connectivity index (χ4n) is 2.70. The topological polar surface area (TPSA) is 63.6 Å². The number of hydrogen-bond acceptors (Lipinski definition) is 3. The van der Waals surface area contributed by atoms with E-state index in [4.69, 9.17) is 4.74 Å². The molecule has 0 radical (unpaired) electrons. The van der Waals surface area contributed by atoms with E-state index in [0.717, 1.165) is 25.7 Å². The van der Waals surface area contributed by atoms with Crippen LogP contribution in [0.25, 0.3) is 0 Å². The molecule has 21 heavy (non-hydrogen) atoms. The highest BCUT2D eigenvalue weighted by atomic mass is 16.5. The number of allylic oxidation sites excluding steroid dienone is 2. The van der Waals surface area contributed by atoms with Crippen LogP contribution in [0.5, 0.6) is 0 Å². The molecule has 0 fully saturated rings. The molecule has 0 saturated carbocycles. The molecule has 1 N–H and O–H groups in total. The van der Waals surface area contributed by atoms with Crippen molar-refractivity contribution in [3.8, 4) is 0 Å². The first-order valence-corrected chi connectivity index (χ1v) is 8.04. The lowest BCUT2D eigenvalue weighted by Crippen LogP contribution is -2.34. The molecule has 0 bridgehead atoms. The second kappa shape index (κ2) is 8.85. The number of esters is 1. The first-order valence-electron chi connectivity index (χ1n) is 8.04. The second-order valence-electron chi connectivity index (χ2n) is 6.29. The lowest BCUT2D eigenvalue weighted by molar-refractivity contribution is -0.162. The van der Waals surface area contributed by atoms with Crippen molar-refractivity contribution in [3.63, 3.8) is 0 Å². The van der Waals surface area contributed by atoms with E-state index < -0.39 is 17.8 Å². The van der Waals surface area contributed by atoms with Gasteiger partial charge in [-0.15, -0.1) is 0 Å². The Morgan fingerprint density at radius 2 is 1.81 bits per heavy atom. The maximum Gasteiger partial charge on any atom is 0.310 e. The van der Waals surface area contributed by atoms with E-state index in [0.29, 0.717) is 18.8 Å². The summed E-state index contributed by atoms with van der Waals surface area (Å²) in [6.45, 7) is 6.36. The van der Waals surface area contributed by atoms with Gasteiger partial charge in [0.1, 0.15) is 6.10 Å². The van der Waals surface area contributed by atoms with E-state index in [1.807, 2.05) is 19.1 Å². The van der Waals surface area contributed by atoms with Crippen molar-refractivity contribution >= 4 is 11.9 Å². The lowest BCUT2D eigenvalue weighted by Gasteiger charge is -2.26. The largest absolute Gasteiger partial charge is 0.481 e. The van der Waals surface area contributed by atoms with Crippen LogP contribution in [0.4, 0.5) is 0 Å². The molecule has 0 heterocycles. The smallest absolute Gasteiger partial charge is 0.310 e. The Morgan fingerprint density at radius 1 is 1.19 bits per heavy atom. The maximum absolute atomic E-state index is 12.3. The van der Waals surface area contributed by atoms with Gasteiger partial charge in [0, 0.05) is 0 Å². The van der Waals surface area contributed by atoms with E-state index in [-0.39, 0.29) is 12.1 Å². The van der Waals surface area contributed by atoms with Crippen molar-refractivity contribution in [1.82, 2.24) is 0 Å². The van der Waals surface area contributed by atoms with Crippen LogP contribution in [-0.4, -0.2) is 23.1 Å². The van der Waals surface area contributed by atoms with Gasteiger partial charge in [0.05, 0.1) is 11.8 Å². The van der Waals surface area contributed by atoms with Crippen LogP contribution in [0, 0.1) is 17.8 Å². The van der Waals surface area contributed by atoms with Crippen molar-refractivity contribution < 1.29 is 19.4 Å². The van der Waals surface area contributed by atoms with Crippen LogP contribution < -0.4 is 0 Å². The number of carboxylic acids is 1. The van der Waals surface area contributed by atoms with Gasteiger partial charge < -0.3 is 9.84 Å². The summed E-state index contributed by atoms with van der Waals surface area (Å²) < 4.78 is 5.57.